The van der Waals surface area contributed by atoms with Crippen molar-refractivity contribution in [3.05, 3.63) is 65.7 Å². The van der Waals surface area contributed by atoms with E-state index in [0.717, 1.165) is 34.1 Å². The largest absolute Gasteiger partial charge is 0.455 e. The first-order valence-corrected chi connectivity index (χ1v) is 7.13. The molecule has 0 aliphatic carbocycles. The van der Waals surface area contributed by atoms with E-state index in [1.807, 2.05) is 57.2 Å². The number of hydrogen-bond donors (Lipinski definition) is 0. The van der Waals surface area contributed by atoms with Gasteiger partial charge in [-0.25, -0.2) is 4.98 Å². The van der Waals surface area contributed by atoms with Crippen molar-refractivity contribution in [3.63, 3.8) is 0 Å². The molecule has 0 saturated heterocycles. The molecule has 3 aromatic rings. The fraction of sp³-hybridized carbons (Fsp3) is 0.167. The minimum atomic E-state index is 0.693. The van der Waals surface area contributed by atoms with Gasteiger partial charge in [0.05, 0.1) is 5.69 Å². The van der Waals surface area contributed by atoms with Gasteiger partial charge in [-0.05, 0) is 50.6 Å². The molecule has 0 atom stereocenters. The van der Waals surface area contributed by atoms with Crippen LogP contribution < -0.4 is 4.74 Å². The van der Waals surface area contributed by atoms with E-state index < -0.39 is 0 Å². The summed E-state index contributed by atoms with van der Waals surface area (Å²) >= 11 is 0. The van der Waals surface area contributed by atoms with Crippen LogP contribution in [0.15, 0.2) is 48.8 Å². The van der Waals surface area contributed by atoms with E-state index >= 15 is 0 Å². The first kappa shape index (κ1) is 14.2. The van der Waals surface area contributed by atoms with Gasteiger partial charge in [-0.15, -0.1) is 0 Å². The molecule has 110 valence electrons. The van der Waals surface area contributed by atoms with E-state index in [2.05, 4.69) is 15.0 Å². The van der Waals surface area contributed by atoms with Crippen LogP contribution in [0.5, 0.6) is 11.5 Å². The summed E-state index contributed by atoms with van der Waals surface area (Å²) in [6, 6.07) is 11.5. The predicted octanol–water partition coefficient (Wildman–Crippen LogP) is 4.26. The first-order valence-electron chi connectivity index (χ1n) is 7.13. The Morgan fingerprint density at radius 1 is 0.818 bits per heavy atom. The third-order valence-electron chi connectivity index (χ3n) is 3.33. The standard InChI is InChI=1S/C18H17N3O/c1-12-5-4-9-20-17(12)18-16(7-6-13(2)21-18)22-15-8-10-19-14(3)11-15/h4-11H,1-3H3. The van der Waals surface area contributed by atoms with E-state index in [9.17, 15) is 0 Å². The van der Waals surface area contributed by atoms with Crippen LogP contribution in [0.25, 0.3) is 11.4 Å². The van der Waals surface area contributed by atoms with E-state index in [1.54, 1.807) is 12.4 Å². The lowest BCUT2D eigenvalue weighted by Crippen LogP contribution is -1.97. The van der Waals surface area contributed by atoms with Crippen molar-refractivity contribution in [3.8, 4) is 22.9 Å². The van der Waals surface area contributed by atoms with Crippen molar-refractivity contribution >= 4 is 0 Å². The molecule has 0 bridgehead atoms. The highest BCUT2D eigenvalue weighted by atomic mass is 16.5. The molecule has 3 heterocycles. The highest BCUT2D eigenvalue weighted by Gasteiger charge is 2.13. The lowest BCUT2D eigenvalue weighted by molar-refractivity contribution is 0.480. The summed E-state index contributed by atoms with van der Waals surface area (Å²) in [5, 5.41) is 0. The number of ether oxygens (including phenoxy) is 1. The van der Waals surface area contributed by atoms with Crippen LogP contribution in [-0.2, 0) is 0 Å². The molecule has 0 fully saturated rings. The Balaban J connectivity index is 2.07. The average Bonchev–Trinajstić information content (AvgIpc) is 2.50. The van der Waals surface area contributed by atoms with E-state index in [-0.39, 0.29) is 0 Å². The zero-order valence-corrected chi connectivity index (χ0v) is 12.9. The molecule has 22 heavy (non-hydrogen) atoms. The van der Waals surface area contributed by atoms with Crippen LogP contribution >= 0.6 is 0 Å². The Labute approximate surface area is 129 Å². The zero-order valence-electron chi connectivity index (χ0n) is 12.9. The fourth-order valence-corrected chi connectivity index (χ4v) is 2.24. The Bertz CT molecular complexity index is 815. The molecule has 4 nitrogen and oxygen atoms in total. The lowest BCUT2D eigenvalue weighted by Gasteiger charge is -2.12. The van der Waals surface area contributed by atoms with E-state index in [1.165, 1.54) is 0 Å². The number of aryl methyl sites for hydroxylation is 3. The first-order chi connectivity index (χ1) is 10.6. The number of aromatic nitrogens is 3. The molecule has 4 heteroatoms. The van der Waals surface area contributed by atoms with Crippen LogP contribution in [0.4, 0.5) is 0 Å². The second-order valence-electron chi connectivity index (χ2n) is 5.20. The second kappa shape index (κ2) is 5.93. The molecule has 0 unspecified atom stereocenters. The molecule has 0 amide bonds. The molecule has 0 aliphatic rings. The third-order valence-corrected chi connectivity index (χ3v) is 3.33. The molecular weight excluding hydrogens is 274 g/mol. The van der Waals surface area contributed by atoms with Gasteiger partial charge in [0.1, 0.15) is 11.4 Å². The van der Waals surface area contributed by atoms with Gasteiger partial charge in [-0.1, -0.05) is 6.07 Å². The topological polar surface area (TPSA) is 47.9 Å². The van der Waals surface area contributed by atoms with Crippen molar-refractivity contribution in [2.75, 3.05) is 0 Å². The van der Waals surface area contributed by atoms with Gasteiger partial charge in [0.15, 0.2) is 5.75 Å². The highest BCUT2D eigenvalue weighted by molar-refractivity contribution is 5.66. The molecule has 0 aromatic carbocycles. The summed E-state index contributed by atoms with van der Waals surface area (Å²) in [6.45, 7) is 5.92. The number of nitrogens with zero attached hydrogens (tertiary/aromatic N) is 3. The maximum atomic E-state index is 6.01. The number of rotatable bonds is 3. The molecule has 3 aromatic heterocycles. The Morgan fingerprint density at radius 2 is 1.68 bits per heavy atom. The summed E-state index contributed by atoms with van der Waals surface area (Å²) in [5.41, 5.74) is 4.50. The number of hydrogen-bond acceptors (Lipinski definition) is 4. The quantitative estimate of drug-likeness (QED) is 0.723. The molecule has 0 saturated carbocycles. The van der Waals surface area contributed by atoms with Gasteiger partial charge in [0.25, 0.3) is 0 Å². The van der Waals surface area contributed by atoms with Gasteiger partial charge in [0, 0.05) is 29.8 Å². The second-order valence-corrected chi connectivity index (χ2v) is 5.20. The SMILES string of the molecule is Cc1cc(Oc2ccc(C)nc2-c2ncccc2C)ccn1. The summed E-state index contributed by atoms with van der Waals surface area (Å²) in [6.07, 6.45) is 3.50. The van der Waals surface area contributed by atoms with E-state index in [4.69, 9.17) is 4.74 Å². The molecule has 0 spiro atoms. The van der Waals surface area contributed by atoms with Gasteiger partial charge < -0.3 is 4.74 Å². The summed E-state index contributed by atoms with van der Waals surface area (Å²) in [7, 11) is 0. The normalized spacial score (nSPS) is 10.5. The van der Waals surface area contributed by atoms with Crippen LogP contribution in [0.3, 0.4) is 0 Å². The molecule has 0 radical (unpaired) electrons. The van der Waals surface area contributed by atoms with Gasteiger partial charge in [0.2, 0.25) is 0 Å². The molecule has 0 aliphatic heterocycles. The van der Waals surface area contributed by atoms with Gasteiger partial charge >= 0.3 is 0 Å². The van der Waals surface area contributed by atoms with Crippen molar-refractivity contribution in [2.45, 2.75) is 20.8 Å². The van der Waals surface area contributed by atoms with E-state index in [0.29, 0.717) is 5.75 Å². The molecule has 3 rings (SSSR count). The molecular formula is C18H17N3O. The third kappa shape index (κ3) is 2.96. The molecule has 0 N–H and O–H groups in total. The van der Waals surface area contributed by atoms with Gasteiger partial charge in [-0.2, -0.15) is 0 Å². The summed E-state index contributed by atoms with van der Waals surface area (Å²) in [5.74, 6) is 1.44. The number of pyridine rings is 3. The lowest BCUT2D eigenvalue weighted by atomic mass is 10.1. The van der Waals surface area contributed by atoms with Crippen molar-refractivity contribution in [2.24, 2.45) is 0 Å². The van der Waals surface area contributed by atoms with Crippen molar-refractivity contribution in [1.29, 1.82) is 0 Å². The minimum Gasteiger partial charge on any atom is -0.455 e. The van der Waals surface area contributed by atoms with Crippen LogP contribution in [-0.4, -0.2) is 15.0 Å². The zero-order chi connectivity index (χ0) is 15.5. The Kier molecular flexibility index (Phi) is 3.83. The summed E-state index contributed by atoms with van der Waals surface area (Å²) < 4.78 is 6.01. The maximum absolute atomic E-state index is 6.01. The predicted molar refractivity (Wildman–Crippen MR) is 86.0 cm³/mol. The van der Waals surface area contributed by atoms with Crippen LogP contribution in [0.1, 0.15) is 17.0 Å². The average molecular weight is 291 g/mol. The Morgan fingerprint density at radius 3 is 2.45 bits per heavy atom. The van der Waals surface area contributed by atoms with Gasteiger partial charge in [-0.3, -0.25) is 9.97 Å². The van der Waals surface area contributed by atoms with Crippen LogP contribution in [0, 0.1) is 20.8 Å². The fourth-order valence-electron chi connectivity index (χ4n) is 2.24. The maximum Gasteiger partial charge on any atom is 0.155 e. The Hall–Kier alpha value is -2.75. The highest BCUT2D eigenvalue weighted by Crippen LogP contribution is 2.32. The monoisotopic (exact) mass is 291 g/mol. The van der Waals surface area contributed by atoms with Crippen molar-refractivity contribution in [1.82, 2.24) is 15.0 Å². The van der Waals surface area contributed by atoms with Crippen LogP contribution in [0.2, 0.25) is 0 Å². The van der Waals surface area contributed by atoms with Crippen molar-refractivity contribution < 1.29 is 4.74 Å². The smallest absolute Gasteiger partial charge is 0.155 e. The summed E-state index contributed by atoms with van der Waals surface area (Å²) in [4.78, 5) is 13.3. The minimum absolute atomic E-state index is 0.693.